The van der Waals surface area contributed by atoms with Gasteiger partial charge in [-0.2, -0.15) is 11.8 Å². The smallest absolute Gasteiger partial charge is 0.245 e. The number of thioether (sulfide) groups is 1. The minimum absolute atomic E-state index is 0.0379. The summed E-state index contributed by atoms with van der Waals surface area (Å²) in [7, 11) is 0. The Kier molecular flexibility index (Phi) is 4.28. The van der Waals surface area contributed by atoms with E-state index in [1.165, 1.54) is 11.5 Å². The quantitative estimate of drug-likeness (QED) is 0.732. The molecule has 1 N–H and O–H groups in total. The predicted molar refractivity (Wildman–Crippen MR) is 67.9 cm³/mol. The van der Waals surface area contributed by atoms with Crippen molar-refractivity contribution in [3.05, 3.63) is 0 Å². The highest BCUT2D eigenvalue weighted by Gasteiger charge is 2.29. The van der Waals surface area contributed by atoms with Crippen LogP contribution in [-0.2, 0) is 9.59 Å². The van der Waals surface area contributed by atoms with E-state index in [2.05, 4.69) is 10.2 Å². The van der Waals surface area contributed by atoms with Gasteiger partial charge in [0.25, 0.3) is 0 Å². The summed E-state index contributed by atoms with van der Waals surface area (Å²) in [5, 5.41) is 2.65. The molecule has 0 spiro atoms. The van der Waals surface area contributed by atoms with Gasteiger partial charge in [0, 0.05) is 37.7 Å². The fraction of sp³-hybridized carbons (Fsp3) is 0.818. The highest BCUT2D eigenvalue weighted by molar-refractivity contribution is 7.99. The molecule has 2 heterocycles. The SMILES string of the molecule is CC1NC(=O)CN(CCN2CCSCC2)C1=O. The van der Waals surface area contributed by atoms with E-state index in [4.69, 9.17) is 0 Å². The van der Waals surface area contributed by atoms with Gasteiger partial charge in [0.15, 0.2) is 0 Å². The van der Waals surface area contributed by atoms with Crippen LogP contribution in [0, 0.1) is 0 Å². The van der Waals surface area contributed by atoms with Crippen LogP contribution in [0.3, 0.4) is 0 Å². The number of piperazine rings is 1. The van der Waals surface area contributed by atoms with E-state index < -0.39 is 0 Å². The summed E-state index contributed by atoms with van der Waals surface area (Å²) in [6.07, 6.45) is 0. The van der Waals surface area contributed by atoms with Crippen molar-refractivity contribution in [3.8, 4) is 0 Å². The van der Waals surface area contributed by atoms with Gasteiger partial charge in [-0.25, -0.2) is 0 Å². The Labute approximate surface area is 106 Å². The second-order valence-electron chi connectivity index (χ2n) is 4.50. The van der Waals surface area contributed by atoms with Crippen molar-refractivity contribution in [2.45, 2.75) is 13.0 Å². The highest BCUT2D eigenvalue weighted by Crippen LogP contribution is 2.09. The molecule has 0 aliphatic carbocycles. The molecule has 2 saturated heterocycles. The van der Waals surface area contributed by atoms with Crippen LogP contribution in [0.4, 0.5) is 0 Å². The van der Waals surface area contributed by atoms with E-state index >= 15 is 0 Å². The van der Waals surface area contributed by atoms with Gasteiger partial charge in [0.1, 0.15) is 6.04 Å². The summed E-state index contributed by atoms with van der Waals surface area (Å²) in [4.78, 5) is 27.2. The van der Waals surface area contributed by atoms with Crippen LogP contribution >= 0.6 is 11.8 Å². The maximum Gasteiger partial charge on any atom is 0.245 e. The zero-order chi connectivity index (χ0) is 12.3. The number of nitrogens with one attached hydrogen (secondary N) is 1. The molecule has 17 heavy (non-hydrogen) atoms. The lowest BCUT2D eigenvalue weighted by molar-refractivity contribution is -0.143. The molecule has 2 amide bonds. The van der Waals surface area contributed by atoms with E-state index in [0.29, 0.717) is 6.54 Å². The number of carbonyl (C=O) groups excluding carboxylic acids is 2. The Morgan fingerprint density at radius 1 is 1.29 bits per heavy atom. The number of nitrogens with zero attached hydrogens (tertiary/aromatic N) is 2. The number of carbonyl (C=O) groups is 2. The lowest BCUT2D eigenvalue weighted by Crippen LogP contribution is -2.58. The Hall–Kier alpha value is -0.750. The summed E-state index contributed by atoms with van der Waals surface area (Å²) >= 11 is 1.98. The molecule has 1 unspecified atom stereocenters. The third kappa shape index (κ3) is 3.35. The van der Waals surface area contributed by atoms with Gasteiger partial charge in [-0.1, -0.05) is 0 Å². The summed E-state index contributed by atoms with van der Waals surface area (Å²) in [6, 6.07) is -0.367. The van der Waals surface area contributed by atoms with E-state index in [1.807, 2.05) is 11.8 Å². The predicted octanol–water partition coefficient (Wildman–Crippen LogP) is -0.618. The summed E-state index contributed by atoms with van der Waals surface area (Å²) in [5.41, 5.74) is 0. The molecular formula is C11H19N3O2S. The van der Waals surface area contributed by atoms with Crippen molar-refractivity contribution in [2.24, 2.45) is 0 Å². The first-order chi connectivity index (χ1) is 8.16. The topological polar surface area (TPSA) is 52.7 Å². The van der Waals surface area contributed by atoms with Gasteiger partial charge < -0.3 is 10.2 Å². The average Bonchev–Trinajstić information content (AvgIpc) is 2.33. The van der Waals surface area contributed by atoms with E-state index in [0.717, 1.165) is 19.6 Å². The first-order valence-corrected chi connectivity index (χ1v) is 7.20. The third-order valence-electron chi connectivity index (χ3n) is 3.18. The van der Waals surface area contributed by atoms with Crippen LogP contribution in [0.2, 0.25) is 0 Å². The normalized spacial score (nSPS) is 27.1. The molecule has 0 aromatic carbocycles. The Bertz CT molecular complexity index is 305. The minimum Gasteiger partial charge on any atom is -0.343 e. The molecule has 0 radical (unpaired) electrons. The van der Waals surface area contributed by atoms with Crippen LogP contribution in [0.1, 0.15) is 6.92 Å². The minimum atomic E-state index is -0.367. The molecule has 2 aliphatic heterocycles. The zero-order valence-corrected chi connectivity index (χ0v) is 11.0. The maximum atomic E-state index is 11.8. The van der Waals surface area contributed by atoms with Crippen molar-refractivity contribution in [2.75, 3.05) is 44.2 Å². The van der Waals surface area contributed by atoms with Crippen molar-refractivity contribution in [1.29, 1.82) is 0 Å². The molecule has 6 heteroatoms. The fourth-order valence-electron chi connectivity index (χ4n) is 2.15. The number of hydrogen-bond donors (Lipinski definition) is 1. The molecular weight excluding hydrogens is 238 g/mol. The van der Waals surface area contributed by atoms with E-state index in [9.17, 15) is 9.59 Å². The van der Waals surface area contributed by atoms with Gasteiger partial charge >= 0.3 is 0 Å². The first-order valence-electron chi connectivity index (χ1n) is 6.05. The number of rotatable bonds is 3. The van der Waals surface area contributed by atoms with Crippen molar-refractivity contribution in [3.63, 3.8) is 0 Å². The molecule has 2 fully saturated rings. The third-order valence-corrected chi connectivity index (χ3v) is 4.13. The van der Waals surface area contributed by atoms with Crippen LogP contribution < -0.4 is 5.32 Å². The maximum absolute atomic E-state index is 11.8. The largest absolute Gasteiger partial charge is 0.343 e. The van der Waals surface area contributed by atoms with Crippen LogP contribution in [0.5, 0.6) is 0 Å². The monoisotopic (exact) mass is 257 g/mol. The van der Waals surface area contributed by atoms with Gasteiger partial charge in [-0.05, 0) is 6.92 Å². The standard InChI is InChI=1S/C11H19N3O2S/c1-9-11(16)14(8-10(15)12-9)3-2-13-4-6-17-7-5-13/h9H,2-8H2,1H3,(H,12,15). The summed E-state index contributed by atoms with van der Waals surface area (Å²) in [5.74, 6) is 2.33. The van der Waals surface area contributed by atoms with Crippen LogP contribution in [0.25, 0.3) is 0 Å². The van der Waals surface area contributed by atoms with Crippen LogP contribution in [0.15, 0.2) is 0 Å². The van der Waals surface area contributed by atoms with Crippen molar-refractivity contribution >= 4 is 23.6 Å². The molecule has 5 nitrogen and oxygen atoms in total. The molecule has 0 saturated carbocycles. The molecule has 0 aromatic rings. The molecule has 0 aromatic heterocycles. The van der Waals surface area contributed by atoms with Gasteiger partial charge in [-0.3, -0.25) is 14.5 Å². The Morgan fingerprint density at radius 2 is 2.00 bits per heavy atom. The fourth-order valence-corrected chi connectivity index (χ4v) is 3.13. The van der Waals surface area contributed by atoms with Gasteiger partial charge in [0.05, 0.1) is 6.54 Å². The highest BCUT2D eigenvalue weighted by atomic mass is 32.2. The van der Waals surface area contributed by atoms with Crippen LogP contribution in [-0.4, -0.2) is 71.9 Å². The molecule has 96 valence electrons. The lowest BCUT2D eigenvalue weighted by Gasteiger charge is -2.33. The molecule has 0 bridgehead atoms. The average molecular weight is 257 g/mol. The number of amides is 2. The van der Waals surface area contributed by atoms with Gasteiger partial charge in [-0.15, -0.1) is 0 Å². The Morgan fingerprint density at radius 3 is 2.71 bits per heavy atom. The van der Waals surface area contributed by atoms with E-state index in [1.54, 1.807) is 11.8 Å². The molecule has 1 atom stereocenters. The van der Waals surface area contributed by atoms with E-state index in [-0.39, 0.29) is 24.4 Å². The summed E-state index contributed by atoms with van der Waals surface area (Å²) < 4.78 is 0. The molecule has 2 rings (SSSR count). The Balaban J connectivity index is 1.80. The second kappa shape index (κ2) is 5.73. The van der Waals surface area contributed by atoms with Crippen molar-refractivity contribution in [1.82, 2.24) is 15.1 Å². The zero-order valence-electron chi connectivity index (χ0n) is 10.1. The lowest BCUT2D eigenvalue weighted by atomic mass is 10.2. The van der Waals surface area contributed by atoms with Gasteiger partial charge in [0.2, 0.25) is 11.8 Å². The summed E-state index contributed by atoms with van der Waals surface area (Å²) in [6.45, 7) is 5.69. The number of hydrogen-bond acceptors (Lipinski definition) is 4. The van der Waals surface area contributed by atoms with Crippen molar-refractivity contribution < 1.29 is 9.59 Å². The first kappa shape index (κ1) is 12.7. The second-order valence-corrected chi connectivity index (χ2v) is 5.73. The molecule has 2 aliphatic rings.